The number of hydrogen-bond acceptors (Lipinski definition) is 3. The summed E-state index contributed by atoms with van der Waals surface area (Å²) in [6.07, 6.45) is 3.89. The number of hydrogen-bond donors (Lipinski definition) is 1. The number of aryl methyl sites for hydroxylation is 1. The van der Waals surface area contributed by atoms with E-state index in [0.717, 1.165) is 18.7 Å². The number of amides is 2. The summed E-state index contributed by atoms with van der Waals surface area (Å²) in [5, 5.41) is 3.73. The van der Waals surface area contributed by atoms with E-state index >= 15 is 0 Å². The molecular formula is C18H19Cl2FN4O. The average molecular weight is 397 g/mol. The molecule has 1 aromatic heterocycles. The Kier molecular flexibility index (Phi) is 5.84. The standard InChI is InChI=1S/C18H19Cl2FN4O/c1-12-3-4-13(9-16(12)21)23-18(26)25-6-2-5-24(7-8-25)17-14(19)10-22-11-15(17)20/h3-4,9-11H,2,5-8H2,1H3,(H,23,26). The lowest BCUT2D eigenvalue weighted by Crippen LogP contribution is -2.38. The lowest BCUT2D eigenvalue weighted by atomic mass is 10.2. The molecule has 0 bridgehead atoms. The van der Waals surface area contributed by atoms with Crippen molar-refractivity contribution in [3.63, 3.8) is 0 Å². The predicted molar refractivity (Wildman–Crippen MR) is 103 cm³/mol. The summed E-state index contributed by atoms with van der Waals surface area (Å²) in [6.45, 7) is 4.11. The van der Waals surface area contributed by atoms with Crippen LogP contribution in [0.1, 0.15) is 12.0 Å². The summed E-state index contributed by atoms with van der Waals surface area (Å²) >= 11 is 12.5. The summed E-state index contributed by atoms with van der Waals surface area (Å²) in [5.74, 6) is -0.341. The Bertz CT molecular complexity index is 798. The molecule has 3 rings (SSSR count). The minimum absolute atomic E-state index is 0.248. The van der Waals surface area contributed by atoms with Crippen LogP contribution in [0.15, 0.2) is 30.6 Å². The van der Waals surface area contributed by atoms with Crippen LogP contribution in [-0.2, 0) is 0 Å². The summed E-state index contributed by atoms with van der Waals surface area (Å²) in [4.78, 5) is 20.2. The van der Waals surface area contributed by atoms with Crippen LogP contribution in [-0.4, -0.2) is 42.1 Å². The zero-order valence-corrected chi connectivity index (χ0v) is 15.8. The smallest absolute Gasteiger partial charge is 0.321 e. The van der Waals surface area contributed by atoms with E-state index in [1.807, 2.05) is 0 Å². The van der Waals surface area contributed by atoms with Crippen LogP contribution in [0.4, 0.5) is 20.6 Å². The van der Waals surface area contributed by atoms with E-state index < -0.39 is 0 Å². The molecule has 1 aliphatic rings. The fourth-order valence-corrected chi connectivity index (χ4v) is 3.53. The van der Waals surface area contributed by atoms with Gasteiger partial charge in [-0.2, -0.15) is 0 Å². The molecule has 26 heavy (non-hydrogen) atoms. The van der Waals surface area contributed by atoms with Gasteiger partial charge in [0.15, 0.2) is 0 Å². The second kappa shape index (κ2) is 8.10. The van der Waals surface area contributed by atoms with E-state index in [1.165, 1.54) is 6.07 Å². The highest BCUT2D eigenvalue weighted by Gasteiger charge is 2.22. The first kappa shape index (κ1) is 18.7. The minimum Gasteiger partial charge on any atom is -0.367 e. The maximum Gasteiger partial charge on any atom is 0.321 e. The van der Waals surface area contributed by atoms with Gasteiger partial charge < -0.3 is 15.1 Å². The van der Waals surface area contributed by atoms with Crippen LogP contribution in [0, 0.1) is 12.7 Å². The van der Waals surface area contributed by atoms with Gasteiger partial charge in [0, 0.05) is 44.3 Å². The molecule has 1 aromatic carbocycles. The number of nitrogens with one attached hydrogen (secondary N) is 1. The third kappa shape index (κ3) is 4.19. The zero-order valence-electron chi connectivity index (χ0n) is 14.3. The summed E-state index contributed by atoms with van der Waals surface area (Å²) in [7, 11) is 0. The summed E-state index contributed by atoms with van der Waals surface area (Å²) in [6, 6.07) is 4.41. The Morgan fingerprint density at radius 3 is 2.58 bits per heavy atom. The molecule has 5 nitrogen and oxygen atoms in total. The first-order chi connectivity index (χ1) is 12.5. The molecule has 2 heterocycles. The predicted octanol–water partition coefficient (Wildman–Crippen LogP) is 4.58. The van der Waals surface area contributed by atoms with Gasteiger partial charge >= 0.3 is 6.03 Å². The third-order valence-corrected chi connectivity index (χ3v) is 4.90. The molecule has 0 aliphatic carbocycles. The molecule has 1 fully saturated rings. The van der Waals surface area contributed by atoms with Gasteiger partial charge in [-0.1, -0.05) is 29.3 Å². The van der Waals surface area contributed by atoms with Crippen molar-refractivity contribution in [3.8, 4) is 0 Å². The van der Waals surface area contributed by atoms with E-state index in [-0.39, 0.29) is 11.8 Å². The Labute approximate surface area is 161 Å². The van der Waals surface area contributed by atoms with Crippen molar-refractivity contribution in [1.29, 1.82) is 0 Å². The normalized spacial score (nSPS) is 14.9. The zero-order chi connectivity index (χ0) is 18.7. The Morgan fingerprint density at radius 2 is 1.88 bits per heavy atom. The lowest BCUT2D eigenvalue weighted by Gasteiger charge is -2.25. The van der Waals surface area contributed by atoms with Gasteiger partial charge in [0.25, 0.3) is 0 Å². The summed E-state index contributed by atoms with van der Waals surface area (Å²) in [5.41, 5.74) is 1.73. The van der Waals surface area contributed by atoms with E-state index in [9.17, 15) is 9.18 Å². The largest absolute Gasteiger partial charge is 0.367 e. The van der Waals surface area contributed by atoms with Gasteiger partial charge in [-0.15, -0.1) is 0 Å². The van der Waals surface area contributed by atoms with Crippen molar-refractivity contribution in [1.82, 2.24) is 9.88 Å². The topological polar surface area (TPSA) is 48.5 Å². The van der Waals surface area contributed by atoms with Crippen molar-refractivity contribution in [2.45, 2.75) is 13.3 Å². The fraction of sp³-hybridized carbons (Fsp3) is 0.333. The van der Waals surface area contributed by atoms with Gasteiger partial charge in [0.05, 0.1) is 15.7 Å². The quantitative estimate of drug-likeness (QED) is 0.807. The SMILES string of the molecule is Cc1ccc(NC(=O)N2CCCN(c3c(Cl)cncc3Cl)CC2)cc1F. The van der Waals surface area contributed by atoms with Gasteiger partial charge in [-0.05, 0) is 31.0 Å². The number of anilines is 2. The number of pyridine rings is 1. The first-order valence-corrected chi connectivity index (χ1v) is 9.07. The first-order valence-electron chi connectivity index (χ1n) is 8.31. The molecule has 2 aromatic rings. The molecule has 0 atom stereocenters. The highest BCUT2D eigenvalue weighted by Crippen LogP contribution is 2.33. The molecule has 0 radical (unpaired) electrons. The number of halogens is 3. The highest BCUT2D eigenvalue weighted by molar-refractivity contribution is 6.38. The van der Waals surface area contributed by atoms with Gasteiger partial charge in [-0.3, -0.25) is 4.98 Å². The molecule has 1 aliphatic heterocycles. The summed E-state index contributed by atoms with van der Waals surface area (Å²) < 4.78 is 13.6. The number of carbonyl (C=O) groups is 1. The molecule has 1 N–H and O–H groups in total. The number of benzene rings is 1. The fourth-order valence-electron chi connectivity index (χ4n) is 2.92. The van der Waals surface area contributed by atoms with Crippen LogP contribution in [0.25, 0.3) is 0 Å². The van der Waals surface area contributed by atoms with Crippen molar-refractivity contribution >= 4 is 40.6 Å². The molecule has 1 saturated heterocycles. The monoisotopic (exact) mass is 396 g/mol. The number of aromatic nitrogens is 1. The molecule has 0 saturated carbocycles. The van der Waals surface area contributed by atoms with Gasteiger partial charge in [0.1, 0.15) is 5.82 Å². The molecule has 8 heteroatoms. The Balaban J connectivity index is 1.66. The van der Waals surface area contributed by atoms with Crippen molar-refractivity contribution in [2.24, 2.45) is 0 Å². The van der Waals surface area contributed by atoms with Gasteiger partial charge in [-0.25, -0.2) is 9.18 Å². The van der Waals surface area contributed by atoms with Crippen LogP contribution in [0.5, 0.6) is 0 Å². The van der Waals surface area contributed by atoms with Gasteiger partial charge in [0.2, 0.25) is 0 Å². The molecular weight excluding hydrogens is 378 g/mol. The van der Waals surface area contributed by atoms with E-state index in [1.54, 1.807) is 36.4 Å². The van der Waals surface area contributed by atoms with Crippen molar-refractivity contribution in [2.75, 3.05) is 36.4 Å². The molecule has 0 unspecified atom stereocenters. The number of carbonyl (C=O) groups excluding carboxylic acids is 1. The molecule has 0 spiro atoms. The average Bonchev–Trinajstić information content (AvgIpc) is 2.84. The number of rotatable bonds is 2. The Morgan fingerprint density at radius 1 is 1.15 bits per heavy atom. The van der Waals surface area contributed by atoms with Crippen LogP contribution < -0.4 is 10.2 Å². The van der Waals surface area contributed by atoms with Crippen LogP contribution >= 0.6 is 23.2 Å². The maximum atomic E-state index is 13.6. The van der Waals surface area contributed by atoms with E-state index in [4.69, 9.17) is 23.2 Å². The second-order valence-corrected chi connectivity index (χ2v) is 6.99. The third-order valence-electron chi connectivity index (χ3n) is 4.35. The molecule has 138 valence electrons. The van der Waals surface area contributed by atoms with Crippen LogP contribution in [0.2, 0.25) is 10.0 Å². The Hall–Kier alpha value is -2.05. The minimum atomic E-state index is -0.341. The highest BCUT2D eigenvalue weighted by atomic mass is 35.5. The van der Waals surface area contributed by atoms with Crippen LogP contribution in [0.3, 0.4) is 0 Å². The number of urea groups is 1. The second-order valence-electron chi connectivity index (χ2n) is 6.17. The molecule has 2 amide bonds. The lowest BCUT2D eigenvalue weighted by molar-refractivity contribution is 0.215. The van der Waals surface area contributed by atoms with Crippen molar-refractivity contribution in [3.05, 3.63) is 52.0 Å². The van der Waals surface area contributed by atoms with E-state index in [0.29, 0.717) is 40.9 Å². The van der Waals surface area contributed by atoms with Crippen molar-refractivity contribution < 1.29 is 9.18 Å². The maximum absolute atomic E-state index is 13.6. The number of nitrogens with zero attached hydrogens (tertiary/aromatic N) is 3. The van der Waals surface area contributed by atoms with E-state index in [2.05, 4.69) is 15.2 Å².